The Hall–Kier alpha value is -4.30. The Balaban J connectivity index is 1.53. The van der Waals surface area contributed by atoms with Crippen LogP contribution in [0.3, 0.4) is 0 Å². The first-order valence-corrected chi connectivity index (χ1v) is 16.6. The van der Waals surface area contributed by atoms with Crippen LogP contribution in [0.2, 0.25) is 5.82 Å². The monoisotopic (exact) mass is 638 g/mol. The third-order valence-electron chi connectivity index (χ3n) is 9.69. The van der Waals surface area contributed by atoms with E-state index < -0.39 is 42.4 Å². The largest absolute Gasteiger partial charge is 0.467 e. The lowest BCUT2D eigenvalue weighted by Gasteiger charge is -2.47. The lowest BCUT2D eigenvalue weighted by Crippen LogP contribution is -2.56. The summed E-state index contributed by atoms with van der Waals surface area (Å²) >= 11 is 0. The molecule has 0 aliphatic carbocycles. The molecule has 0 radical (unpaired) electrons. The summed E-state index contributed by atoms with van der Waals surface area (Å²) < 4.78 is 27.7. The molecule has 0 amide bonds. The van der Waals surface area contributed by atoms with Crippen LogP contribution in [-0.4, -0.2) is 44.8 Å². The van der Waals surface area contributed by atoms with Crippen LogP contribution in [0.5, 0.6) is 0 Å². The molecule has 0 bridgehead atoms. The molecule has 6 heteroatoms. The second-order valence-corrected chi connectivity index (χ2v) is 12.2. The number of aryl methyl sites for hydroxylation is 1. The molecule has 6 rings (SSSR count). The van der Waals surface area contributed by atoms with Gasteiger partial charge in [-0.1, -0.05) is 158 Å². The summed E-state index contributed by atoms with van der Waals surface area (Å²) in [5.41, 5.74) is 2.52. The summed E-state index contributed by atoms with van der Waals surface area (Å²) in [6, 6.07) is 50.7. The van der Waals surface area contributed by atoms with Gasteiger partial charge in [0.2, 0.25) is 0 Å². The molecule has 1 saturated heterocycles. The van der Waals surface area contributed by atoms with Crippen molar-refractivity contribution in [2.24, 2.45) is 0 Å². The maximum absolute atomic E-state index is 11.7. The standard InChI is InChI=1S/C42H43BO5/c1-4-37(38(44)31-30-32-20-10-5-11-21-32)43-47-39(41(45-2,33-22-12-6-13-23-33)34-24-14-7-15-25-34)40(48-43)42(46-3,35-26-16-8-17-27-35)36-28-18-9-19-29-36/h4-29,37-40,44H,1,30-31H2,2-3H3/t37-,38+,39+,40+/m0/s1. The topological polar surface area (TPSA) is 57.2 Å². The Bertz CT molecular complexity index is 1520. The van der Waals surface area contributed by atoms with Gasteiger partial charge in [0.25, 0.3) is 0 Å². The van der Waals surface area contributed by atoms with Gasteiger partial charge in [0.1, 0.15) is 23.4 Å². The molecule has 5 aromatic rings. The van der Waals surface area contributed by atoms with E-state index in [4.69, 9.17) is 18.8 Å². The van der Waals surface area contributed by atoms with Gasteiger partial charge in [-0.25, -0.2) is 0 Å². The first-order valence-electron chi connectivity index (χ1n) is 16.6. The highest BCUT2D eigenvalue weighted by Crippen LogP contribution is 2.51. The van der Waals surface area contributed by atoms with Crippen LogP contribution in [0, 0.1) is 0 Å². The van der Waals surface area contributed by atoms with E-state index in [0.29, 0.717) is 12.8 Å². The number of benzene rings is 5. The summed E-state index contributed by atoms with van der Waals surface area (Å²) in [6.07, 6.45) is 0.695. The van der Waals surface area contributed by atoms with Crippen LogP contribution in [-0.2, 0) is 36.4 Å². The molecule has 1 aliphatic heterocycles. The third kappa shape index (κ3) is 6.30. The zero-order valence-electron chi connectivity index (χ0n) is 27.6. The number of methoxy groups -OCH3 is 2. The fourth-order valence-electron chi connectivity index (χ4n) is 7.30. The maximum Gasteiger partial charge on any atom is 0.467 e. The number of aliphatic hydroxyl groups is 1. The molecule has 1 fully saturated rings. The van der Waals surface area contributed by atoms with E-state index in [0.717, 1.165) is 27.8 Å². The summed E-state index contributed by atoms with van der Waals surface area (Å²) in [6.45, 7) is 4.15. The Morgan fingerprint density at radius 2 is 0.958 bits per heavy atom. The number of rotatable bonds is 14. The predicted octanol–water partition coefficient (Wildman–Crippen LogP) is 7.99. The minimum Gasteiger partial charge on any atom is -0.401 e. The predicted molar refractivity (Wildman–Crippen MR) is 192 cm³/mol. The van der Waals surface area contributed by atoms with Gasteiger partial charge in [-0.15, -0.1) is 6.58 Å². The molecule has 5 nitrogen and oxygen atoms in total. The quantitative estimate of drug-likeness (QED) is 0.0988. The third-order valence-corrected chi connectivity index (χ3v) is 9.69. The van der Waals surface area contributed by atoms with Gasteiger partial charge >= 0.3 is 7.12 Å². The molecule has 0 aromatic heterocycles. The van der Waals surface area contributed by atoms with E-state index in [2.05, 4.69) is 67.2 Å². The van der Waals surface area contributed by atoms with Crippen molar-refractivity contribution in [1.82, 2.24) is 0 Å². The highest BCUT2D eigenvalue weighted by atomic mass is 16.7. The van der Waals surface area contributed by atoms with Crippen LogP contribution in [0.15, 0.2) is 164 Å². The minimum absolute atomic E-state index is 0.513. The fraction of sp³-hybridized carbons (Fsp3) is 0.238. The van der Waals surface area contributed by atoms with Crippen molar-refractivity contribution in [3.8, 4) is 0 Å². The number of hydrogen-bond acceptors (Lipinski definition) is 5. The molecule has 4 atom stereocenters. The number of aliphatic hydroxyl groups excluding tert-OH is 1. The fourth-order valence-corrected chi connectivity index (χ4v) is 7.30. The van der Waals surface area contributed by atoms with Gasteiger partial charge < -0.3 is 23.9 Å². The van der Waals surface area contributed by atoms with Crippen molar-refractivity contribution in [3.63, 3.8) is 0 Å². The van der Waals surface area contributed by atoms with Crippen LogP contribution in [0.4, 0.5) is 0 Å². The second-order valence-electron chi connectivity index (χ2n) is 12.2. The van der Waals surface area contributed by atoms with E-state index in [1.54, 1.807) is 20.3 Å². The highest BCUT2D eigenvalue weighted by molar-refractivity contribution is 6.48. The normalized spacial score (nSPS) is 17.9. The van der Waals surface area contributed by atoms with Gasteiger partial charge in [0.05, 0.1) is 6.10 Å². The smallest absolute Gasteiger partial charge is 0.401 e. The van der Waals surface area contributed by atoms with Crippen molar-refractivity contribution < 1.29 is 23.9 Å². The summed E-state index contributed by atoms with van der Waals surface area (Å²) in [5, 5.41) is 11.7. The van der Waals surface area contributed by atoms with Gasteiger partial charge in [-0.05, 0) is 40.7 Å². The first kappa shape index (κ1) is 33.6. The van der Waals surface area contributed by atoms with Crippen LogP contribution in [0.1, 0.15) is 34.2 Å². The molecule has 0 saturated carbocycles. The second kappa shape index (κ2) is 15.3. The van der Waals surface area contributed by atoms with Crippen LogP contribution < -0.4 is 0 Å². The lowest BCUT2D eigenvalue weighted by atomic mass is 9.67. The molecule has 48 heavy (non-hydrogen) atoms. The lowest BCUT2D eigenvalue weighted by molar-refractivity contribution is -0.136. The summed E-state index contributed by atoms with van der Waals surface area (Å²) in [7, 11) is 2.58. The van der Waals surface area contributed by atoms with E-state index in [-0.39, 0.29) is 0 Å². The Kier molecular flexibility index (Phi) is 10.7. The van der Waals surface area contributed by atoms with Gasteiger partial charge in [-0.3, -0.25) is 0 Å². The van der Waals surface area contributed by atoms with Crippen molar-refractivity contribution in [2.75, 3.05) is 14.2 Å². The molecule has 244 valence electrons. The number of ether oxygens (including phenoxy) is 2. The van der Waals surface area contributed by atoms with Crippen molar-refractivity contribution in [1.29, 1.82) is 0 Å². The molecule has 0 spiro atoms. The zero-order valence-corrected chi connectivity index (χ0v) is 27.6. The van der Waals surface area contributed by atoms with Crippen molar-refractivity contribution in [2.45, 2.75) is 48.2 Å². The average Bonchev–Trinajstić information content (AvgIpc) is 3.59. The van der Waals surface area contributed by atoms with E-state index in [1.165, 1.54) is 0 Å². The van der Waals surface area contributed by atoms with E-state index in [1.807, 2.05) is 91.0 Å². The molecule has 1 heterocycles. The van der Waals surface area contributed by atoms with Crippen molar-refractivity contribution >= 4 is 7.12 Å². The molecule has 0 unspecified atom stereocenters. The molecule has 1 aliphatic rings. The van der Waals surface area contributed by atoms with E-state index >= 15 is 0 Å². The maximum atomic E-state index is 11.7. The molecular formula is C42H43BO5. The van der Waals surface area contributed by atoms with Crippen LogP contribution in [0.25, 0.3) is 0 Å². The average molecular weight is 639 g/mol. The minimum atomic E-state index is -1.13. The van der Waals surface area contributed by atoms with Gasteiger partial charge in [-0.2, -0.15) is 0 Å². The number of hydrogen-bond donors (Lipinski definition) is 1. The summed E-state index contributed by atoms with van der Waals surface area (Å²) in [4.78, 5) is 0. The van der Waals surface area contributed by atoms with Crippen LogP contribution >= 0.6 is 0 Å². The summed E-state index contributed by atoms with van der Waals surface area (Å²) in [5.74, 6) is -0.539. The zero-order chi connectivity index (χ0) is 33.4. The molecule has 5 aromatic carbocycles. The van der Waals surface area contributed by atoms with E-state index in [9.17, 15) is 5.11 Å². The SMILES string of the molecule is C=C[C@H](B1O[C@@H](C(OC)(c2ccccc2)c2ccccc2)[C@H](C(OC)(c2ccccc2)c2ccccc2)O1)[C@H](O)CCc1ccccc1. The Morgan fingerprint density at radius 3 is 1.27 bits per heavy atom. The highest BCUT2D eigenvalue weighted by Gasteiger charge is 2.63. The first-order chi connectivity index (χ1) is 23.6. The Labute approximate surface area is 284 Å². The Morgan fingerprint density at radius 1 is 0.625 bits per heavy atom. The van der Waals surface area contributed by atoms with Gasteiger partial charge in [0.15, 0.2) is 0 Å². The van der Waals surface area contributed by atoms with Crippen molar-refractivity contribution in [3.05, 3.63) is 192 Å². The van der Waals surface area contributed by atoms with Gasteiger partial charge in [0, 0.05) is 20.0 Å². The molecule has 1 N–H and O–H groups in total. The molecular weight excluding hydrogens is 595 g/mol.